The van der Waals surface area contributed by atoms with Crippen molar-refractivity contribution in [3.8, 4) is 0 Å². The minimum atomic E-state index is -0.905. The molecule has 0 aliphatic heterocycles. The molecule has 0 saturated heterocycles. The van der Waals surface area contributed by atoms with Crippen LogP contribution in [0.4, 0.5) is 0 Å². The Hall–Kier alpha value is -3.02. The molecular formula is C32H39NO4. The van der Waals surface area contributed by atoms with Gasteiger partial charge in [0.05, 0.1) is 5.92 Å². The van der Waals surface area contributed by atoms with E-state index in [1.807, 2.05) is 12.1 Å². The lowest BCUT2D eigenvalue weighted by molar-refractivity contribution is -0.142. The van der Waals surface area contributed by atoms with Gasteiger partial charge in [0.1, 0.15) is 0 Å². The molecule has 0 radical (unpaired) electrons. The van der Waals surface area contributed by atoms with Crippen molar-refractivity contribution >= 4 is 22.5 Å². The Morgan fingerprint density at radius 1 is 0.973 bits per heavy atom. The normalized spacial score (nSPS) is 19.4. The summed E-state index contributed by atoms with van der Waals surface area (Å²) in [5.74, 6) is -0.967. The highest BCUT2D eigenvalue weighted by atomic mass is 16.4. The van der Waals surface area contributed by atoms with Crippen LogP contribution in [0.5, 0.6) is 0 Å². The van der Waals surface area contributed by atoms with Crippen molar-refractivity contribution in [1.29, 1.82) is 0 Å². The van der Waals surface area contributed by atoms with E-state index in [9.17, 15) is 14.7 Å². The van der Waals surface area contributed by atoms with Crippen molar-refractivity contribution in [2.24, 2.45) is 5.92 Å². The number of carboxylic acid groups (broad SMARTS) is 1. The van der Waals surface area contributed by atoms with E-state index in [4.69, 9.17) is 5.11 Å². The number of aliphatic carboxylic acids is 1. The zero-order valence-electron chi connectivity index (χ0n) is 21.7. The van der Waals surface area contributed by atoms with Gasteiger partial charge in [-0.3, -0.25) is 9.59 Å². The number of carboxylic acids is 1. The maximum absolute atomic E-state index is 12.6. The van der Waals surface area contributed by atoms with E-state index in [0.717, 1.165) is 12.8 Å². The van der Waals surface area contributed by atoms with Crippen LogP contribution >= 0.6 is 0 Å². The molecule has 196 valence electrons. The molecule has 0 amide bonds. The van der Waals surface area contributed by atoms with E-state index in [-0.39, 0.29) is 24.9 Å². The van der Waals surface area contributed by atoms with Gasteiger partial charge in [0.15, 0.2) is 5.78 Å². The minimum absolute atomic E-state index is 0.0480. The molecular weight excluding hydrogens is 462 g/mol. The van der Waals surface area contributed by atoms with Crippen molar-refractivity contribution in [1.82, 2.24) is 5.32 Å². The summed E-state index contributed by atoms with van der Waals surface area (Å²) >= 11 is 0. The number of carbonyl (C=O) groups excluding carboxylic acids is 1. The van der Waals surface area contributed by atoms with Gasteiger partial charge in [-0.2, -0.15) is 0 Å². The molecule has 5 nitrogen and oxygen atoms in total. The Labute approximate surface area is 219 Å². The predicted octanol–water partition coefficient (Wildman–Crippen LogP) is 6.65. The molecule has 3 aromatic rings. The van der Waals surface area contributed by atoms with E-state index < -0.39 is 11.9 Å². The van der Waals surface area contributed by atoms with Crippen LogP contribution in [-0.2, 0) is 4.79 Å². The summed E-state index contributed by atoms with van der Waals surface area (Å²) in [6.45, 7) is 2.11. The highest BCUT2D eigenvalue weighted by Gasteiger charge is 2.25. The van der Waals surface area contributed by atoms with Gasteiger partial charge in [0.2, 0.25) is 0 Å². The Morgan fingerprint density at radius 2 is 1.73 bits per heavy atom. The first-order chi connectivity index (χ1) is 18.0. The number of nitrogens with one attached hydrogen (secondary N) is 1. The standard InChI is InChI=1S/C32H39NO4/c1-22(29-13-5-8-24-7-2-3-12-30(24)29)33-28-11-4-10-27(21-28)23-15-17-25(18-16-23)31(35)14-6-9-26(19-20-34)32(36)37/h2-3,5,7-8,12-13,15-18,22,26-28,33-34H,4,6,9-11,14,19-21H2,1H3,(H,36,37)/t22?,26?,27-,28?/m0/s1. The quantitative estimate of drug-likeness (QED) is 0.242. The fourth-order valence-corrected chi connectivity index (χ4v) is 5.86. The van der Waals surface area contributed by atoms with Crippen molar-refractivity contribution < 1.29 is 19.8 Å². The van der Waals surface area contributed by atoms with Crippen molar-refractivity contribution in [2.75, 3.05) is 6.61 Å². The maximum atomic E-state index is 12.6. The van der Waals surface area contributed by atoms with Gasteiger partial charge in [-0.05, 0) is 73.3 Å². The number of aliphatic hydroxyl groups excluding tert-OH is 1. The van der Waals surface area contributed by atoms with Crippen LogP contribution in [0.25, 0.3) is 10.8 Å². The van der Waals surface area contributed by atoms with E-state index in [1.54, 1.807) is 0 Å². The van der Waals surface area contributed by atoms with Crippen LogP contribution in [0.15, 0.2) is 66.7 Å². The van der Waals surface area contributed by atoms with Crippen LogP contribution in [-0.4, -0.2) is 34.6 Å². The highest BCUT2D eigenvalue weighted by molar-refractivity contribution is 5.96. The summed E-state index contributed by atoms with van der Waals surface area (Å²) in [6.07, 6.45) is 6.10. The molecule has 5 heteroatoms. The second kappa shape index (κ2) is 13.0. The summed E-state index contributed by atoms with van der Waals surface area (Å²) in [4.78, 5) is 23.9. The predicted molar refractivity (Wildman–Crippen MR) is 148 cm³/mol. The summed E-state index contributed by atoms with van der Waals surface area (Å²) in [6, 6.07) is 23.9. The fourth-order valence-electron chi connectivity index (χ4n) is 5.86. The number of fused-ring (bicyclic) bond motifs is 1. The first-order valence-corrected chi connectivity index (χ1v) is 13.7. The zero-order chi connectivity index (χ0) is 26.2. The number of carbonyl (C=O) groups is 2. The number of aliphatic hydroxyl groups is 1. The summed E-state index contributed by atoms with van der Waals surface area (Å²) < 4.78 is 0. The average Bonchev–Trinajstić information content (AvgIpc) is 2.92. The van der Waals surface area contributed by atoms with Gasteiger partial charge < -0.3 is 15.5 Å². The Kier molecular flexibility index (Phi) is 9.48. The molecule has 37 heavy (non-hydrogen) atoms. The molecule has 0 heterocycles. The second-order valence-corrected chi connectivity index (χ2v) is 10.5. The largest absolute Gasteiger partial charge is 0.481 e. The van der Waals surface area contributed by atoms with E-state index in [0.29, 0.717) is 36.8 Å². The van der Waals surface area contributed by atoms with E-state index in [1.165, 1.54) is 34.7 Å². The van der Waals surface area contributed by atoms with Crippen LogP contribution in [0.2, 0.25) is 0 Å². The molecule has 0 spiro atoms. The van der Waals surface area contributed by atoms with E-state index >= 15 is 0 Å². The lowest BCUT2D eigenvalue weighted by Gasteiger charge is -2.32. The zero-order valence-corrected chi connectivity index (χ0v) is 21.7. The molecule has 1 aliphatic rings. The van der Waals surface area contributed by atoms with Gasteiger partial charge in [-0.25, -0.2) is 0 Å². The lowest BCUT2D eigenvalue weighted by Crippen LogP contribution is -2.35. The van der Waals surface area contributed by atoms with Gasteiger partial charge in [0, 0.05) is 30.7 Å². The first kappa shape index (κ1) is 27.0. The molecule has 3 aromatic carbocycles. The third-order valence-electron chi connectivity index (χ3n) is 7.94. The van der Waals surface area contributed by atoms with Crippen molar-refractivity contribution in [3.05, 3.63) is 83.4 Å². The molecule has 1 fully saturated rings. The summed E-state index contributed by atoms with van der Waals surface area (Å²) in [7, 11) is 0. The van der Waals surface area contributed by atoms with Crippen molar-refractivity contribution in [2.45, 2.75) is 76.3 Å². The topological polar surface area (TPSA) is 86.6 Å². The Balaban J connectivity index is 1.32. The van der Waals surface area contributed by atoms with Crippen LogP contribution in [0.3, 0.4) is 0 Å². The third-order valence-corrected chi connectivity index (χ3v) is 7.94. The molecule has 1 saturated carbocycles. The molecule has 3 unspecified atom stereocenters. The highest BCUT2D eigenvalue weighted by Crippen LogP contribution is 2.35. The van der Waals surface area contributed by atoms with Gasteiger partial charge in [-0.1, -0.05) is 73.2 Å². The van der Waals surface area contributed by atoms with E-state index in [2.05, 4.69) is 66.8 Å². The third kappa shape index (κ3) is 7.06. The molecule has 0 bridgehead atoms. The van der Waals surface area contributed by atoms with Crippen molar-refractivity contribution in [3.63, 3.8) is 0 Å². The number of hydrogen-bond acceptors (Lipinski definition) is 4. The molecule has 0 aromatic heterocycles. The first-order valence-electron chi connectivity index (χ1n) is 13.7. The molecule has 1 aliphatic carbocycles. The average molecular weight is 502 g/mol. The van der Waals surface area contributed by atoms with Crippen LogP contribution < -0.4 is 5.32 Å². The monoisotopic (exact) mass is 501 g/mol. The van der Waals surface area contributed by atoms with Gasteiger partial charge >= 0.3 is 5.97 Å². The maximum Gasteiger partial charge on any atom is 0.306 e. The van der Waals surface area contributed by atoms with Crippen LogP contribution in [0.1, 0.15) is 91.7 Å². The number of rotatable bonds is 12. The smallest absolute Gasteiger partial charge is 0.306 e. The molecule has 4 rings (SSSR count). The molecule has 4 atom stereocenters. The minimum Gasteiger partial charge on any atom is -0.481 e. The van der Waals surface area contributed by atoms with Gasteiger partial charge in [0.25, 0.3) is 0 Å². The number of Topliss-reactive ketones (excluding diaryl/α,β-unsaturated/α-hetero) is 1. The number of benzene rings is 3. The number of ketones is 1. The SMILES string of the molecule is CC(NC1CCC[C@H](c2ccc(C(=O)CCCC(CCO)C(=O)O)cc2)C1)c1cccc2ccccc12. The van der Waals surface area contributed by atoms with Crippen LogP contribution in [0, 0.1) is 5.92 Å². The lowest BCUT2D eigenvalue weighted by atomic mass is 9.80. The summed E-state index contributed by atoms with van der Waals surface area (Å²) in [5.41, 5.74) is 3.32. The van der Waals surface area contributed by atoms with Gasteiger partial charge in [-0.15, -0.1) is 0 Å². The number of hydrogen-bond donors (Lipinski definition) is 3. The summed E-state index contributed by atoms with van der Waals surface area (Å²) in [5, 5.41) is 24.7. The Bertz CT molecular complexity index is 1180. The second-order valence-electron chi connectivity index (χ2n) is 10.5. The fraction of sp³-hybridized carbons (Fsp3) is 0.438. The molecule has 3 N–H and O–H groups in total. The Morgan fingerprint density at radius 3 is 2.49 bits per heavy atom.